The molecule has 1 amide bonds. The molecule has 27 heavy (non-hydrogen) atoms. The highest BCUT2D eigenvalue weighted by Crippen LogP contribution is 2.29. The second kappa shape index (κ2) is 9.25. The molecule has 2 aromatic rings. The zero-order valence-electron chi connectivity index (χ0n) is 16.0. The Labute approximate surface area is 166 Å². The Hall–Kier alpha value is -2.04. The summed E-state index contributed by atoms with van der Waals surface area (Å²) in [5.74, 6) is 0.607. The van der Waals surface area contributed by atoms with Gasteiger partial charge in [0.05, 0.1) is 6.04 Å². The predicted octanol–water partition coefficient (Wildman–Crippen LogP) is 4.29. The Bertz CT molecular complexity index is 767. The number of halogens is 1. The van der Waals surface area contributed by atoms with Gasteiger partial charge in [-0.1, -0.05) is 35.9 Å². The highest BCUT2D eigenvalue weighted by Gasteiger charge is 2.25. The number of hydrogen-bond acceptors (Lipinski definition) is 3. The number of aryl methyl sites for hydroxylation is 2. The van der Waals surface area contributed by atoms with Gasteiger partial charge in [-0.25, -0.2) is 0 Å². The molecule has 0 saturated carbocycles. The van der Waals surface area contributed by atoms with Gasteiger partial charge in [0.15, 0.2) is 6.61 Å². The van der Waals surface area contributed by atoms with Crippen molar-refractivity contribution in [3.05, 3.63) is 64.2 Å². The molecule has 1 atom stereocenters. The standard InChI is InChI=1S/C22H27ClN2O2/c1-16-11-17(2)13-18(12-16)27-15-22(26)24-14-21(25-9-5-6-10-25)19-7-3-4-8-20(19)23/h3-4,7-8,11-13,21H,5-6,9-10,14-15H2,1-2H3,(H,24,26)/t21-/m1/s1. The fraction of sp³-hybridized carbons (Fsp3) is 0.409. The van der Waals surface area contributed by atoms with Crippen LogP contribution in [0, 0.1) is 13.8 Å². The molecule has 1 heterocycles. The van der Waals surface area contributed by atoms with E-state index >= 15 is 0 Å². The van der Waals surface area contributed by atoms with E-state index in [2.05, 4.69) is 16.3 Å². The van der Waals surface area contributed by atoms with E-state index in [0.29, 0.717) is 6.54 Å². The first-order chi connectivity index (χ1) is 13.0. The molecule has 0 aromatic heterocycles. The third kappa shape index (κ3) is 5.47. The molecule has 3 rings (SSSR count). The molecular formula is C22H27ClN2O2. The molecule has 0 radical (unpaired) electrons. The fourth-order valence-electron chi connectivity index (χ4n) is 3.66. The van der Waals surface area contributed by atoms with Crippen molar-refractivity contribution >= 4 is 17.5 Å². The summed E-state index contributed by atoms with van der Waals surface area (Å²) in [6, 6.07) is 13.9. The number of carbonyl (C=O) groups is 1. The van der Waals surface area contributed by atoms with Gasteiger partial charge in [0.25, 0.3) is 5.91 Å². The average molecular weight is 387 g/mol. The normalized spacial score (nSPS) is 15.5. The van der Waals surface area contributed by atoms with E-state index in [-0.39, 0.29) is 18.6 Å². The van der Waals surface area contributed by atoms with Crippen molar-refractivity contribution in [2.45, 2.75) is 32.7 Å². The number of ether oxygens (including phenoxy) is 1. The zero-order chi connectivity index (χ0) is 19.2. The first-order valence-electron chi connectivity index (χ1n) is 9.49. The van der Waals surface area contributed by atoms with Gasteiger partial charge in [0, 0.05) is 11.6 Å². The van der Waals surface area contributed by atoms with E-state index in [9.17, 15) is 4.79 Å². The highest BCUT2D eigenvalue weighted by atomic mass is 35.5. The lowest BCUT2D eigenvalue weighted by Crippen LogP contribution is -2.38. The molecule has 1 aliphatic rings. The summed E-state index contributed by atoms with van der Waals surface area (Å²) in [6.07, 6.45) is 2.37. The van der Waals surface area contributed by atoms with Crippen molar-refractivity contribution in [3.63, 3.8) is 0 Å². The van der Waals surface area contributed by atoms with Crippen molar-refractivity contribution in [3.8, 4) is 5.75 Å². The van der Waals surface area contributed by atoms with Gasteiger partial charge in [-0.15, -0.1) is 0 Å². The van der Waals surface area contributed by atoms with Crippen LogP contribution in [0.15, 0.2) is 42.5 Å². The monoisotopic (exact) mass is 386 g/mol. The summed E-state index contributed by atoms with van der Waals surface area (Å²) in [4.78, 5) is 14.7. The molecule has 1 fully saturated rings. The van der Waals surface area contributed by atoms with Crippen LogP contribution < -0.4 is 10.1 Å². The van der Waals surface area contributed by atoms with E-state index < -0.39 is 0 Å². The molecule has 0 bridgehead atoms. The second-order valence-corrected chi connectivity index (χ2v) is 7.60. The second-order valence-electron chi connectivity index (χ2n) is 7.20. The number of amides is 1. The number of nitrogens with zero attached hydrogens (tertiary/aromatic N) is 1. The molecule has 1 aliphatic heterocycles. The van der Waals surface area contributed by atoms with E-state index in [1.807, 2.05) is 50.2 Å². The molecule has 5 heteroatoms. The molecular weight excluding hydrogens is 360 g/mol. The van der Waals surface area contributed by atoms with Gasteiger partial charge < -0.3 is 10.1 Å². The molecule has 0 aliphatic carbocycles. The van der Waals surface area contributed by atoms with Crippen molar-refractivity contribution in [1.82, 2.24) is 10.2 Å². The van der Waals surface area contributed by atoms with Crippen LogP contribution in [-0.4, -0.2) is 37.0 Å². The van der Waals surface area contributed by atoms with Crippen LogP contribution in [0.2, 0.25) is 5.02 Å². The number of carbonyl (C=O) groups excluding carboxylic acids is 1. The summed E-state index contributed by atoms with van der Waals surface area (Å²) in [7, 11) is 0. The molecule has 0 spiro atoms. The van der Waals surface area contributed by atoms with E-state index in [0.717, 1.165) is 40.6 Å². The third-order valence-electron chi connectivity index (χ3n) is 4.90. The zero-order valence-corrected chi connectivity index (χ0v) is 16.8. The van der Waals surface area contributed by atoms with Crippen LogP contribution in [-0.2, 0) is 4.79 Å². The van der Waals surface area contributed by atoms with Gasteiger partial charge in [-0.2, -0.15) is 0 Å². The first-order valence-corrected chi connectivity index (χ1v) is 9.87. The van der Waals surface area contributed by atoms with E-state index in [4.69, 9.17) is 16.3 Å². The van der Waals surface area contributed by atoms with Crippen LogP contribution in [0.1, 0.15) is 35.6 Å². The summed E-state index contributed by atoms with van der Waals surface area (Å²) in [5, 5.41) is 3.77. The molecule has 4 nitrogen and oxygen atoms in total. The fourth-order valence-corrected chi connectivity index (χ4v) is 3.92. The topological polar surface area (TPSA) is 41.6 Å². The summed E-state index contributed by atoms with van der Waals surface area (Å²) < 4.78 is 5.66. The Morgan fingerprint density at radius 2 is 1.81 bits per heavy atom. The maximum atomic E-state index is 12.3. The quantitative estimate of drug-likeness (QED) is 0.771. The van der Waals surface area contributed by atoms with Crippen LogP contribution in [0.4, 0.5) is 0 Å². The Morgan fingerprint density at radius 3 is 2.48 bits per heavy atom. The number of rotatable bonds is 7. The minimum atomic E-state index is -0.120. The van der Waals surface area contributed by atoms with Gasteiger partial charge in [-0.05, 0) is 74.7 Å². The minimum Gasteiger partial charge on any atom is -0.484 e. The average Bonchev–Trinajstić information content (AvgIpc) is 3.15. The predicted molar refractivity (Wildman–Crippen MR) is 109 cm³/mol. The molecule has 144 valence electrons. The van der Waals surface area contributed by atoms with Gasteiger partial charge in [-0.3, -0.25) is 9.69 Å². The summed E-state index contributed by atoms with van der Waals surface area (Å²) in [5.41, 5.74) is 3.31. The smallest absolute Gasteiger partial charge is 0.258 e. The number of nitrogens with one attached hydrogen (secondary N) is 1. The largest absolute Gasteiger partial charge is 0.484 e. The molecule has 1 N–H and O–H groups in total. The van der Waals surface area contributed by atoms with Crippen LogP contribution in [0.25, 0.3) is 0 Å². The van der Waals surface area contributed by atoms with Crippen LogP contribution >= 0.6 is 11.6 Å². The van der Waals surface area contributed by atoms with Gasteiger partial charge >= 0.3 is 0 Å². The maximum Gasteiger partial charge on any atom is 0.258 e. The Kier molecular flexibility index (Phi) is 6.75. The minimum absolute atomic E-state index is 0.0120. The molecule has 0 unspecified atom stereocenters. The van der Waals surface area contributed by atoms with Gasteiger partial charge in [0.2, 0.25) is 0 Å². The van der Waals surface area contributed by atoms with Crippen molar-refractivity contribution in [1.29, 1.82) is 0 Å². The number of benzene rings is 2. The lowest BCUT2D eigenvalue weighted by atomic mass is 10.1. The van der Waals surface area contributed by atoms with Crippen LogP contribution in [0.5, 0.6) is 5.75 Å². The SMILES string of the molecule is Cc1cc(C)cc(OCC(=O)NC[C@H](c2ccccc2Cl)N2CCCC2)c1. The summed E-state index contributed by atoms with van der Waals surface area (Å²) in [6.45, 7) is 6.64. The summed E-state index contributed by atoms with van der Waals surface area (Å²) >= 11 is 6.42. The van der Waals surface area contributed by atoms with E-state index in [1.165, 1.54) is 12.8 Å². The lowest BCUT2D eigenvalue weighted by molar-refractivity contribution is -0.123. The van der Waals surface area contributed by atoms with E-state index in [1.54, 1.807) is 0 Å². The molecule has 1 saturated heterocycles. The third-order valence-corrected chi connectivity index (χ3v) is 5.25. The highest BCUT2D eigenvalue weighted by molar-refractivity contribution is 6.31. The van der Waals surface area contributed by atoms with Crippen molar-refractivity contribution in [2.24, 2.45) is 0 Å². The van der Waals surface area contributed by atoms with Gasteiger partial charge in [0.1, 0.15) is 5.75 Å². The molecule has 2 aromatic carbocycles. The lowest BCUT2D eigenvalue weighted by Gasteiger charge is -2.29. The Balaban J connectivity index is 1.59. The van der Waals surface area contributed by atoms with Crippen molar-refractivity contribution in [2.75, 3.05) is 26.2 Å². The number of likely N-dealkylation sites (tertiary alicyclic amines) is 1. The van der Waals surface area contributed by atoms with Crippen molar-refractivity contribution < 1.29 is 9.53 Å². The number of hydrogen-bond donors (Lipinski definition) is 1. The first kappa shape index (κ1) is 19.7. The Morgan fingerprint density at radius 1 is 1.15 bits per heavy atom. The van der Waals surface area contributed by atoms with Crippen LogP contribution in [0.3, 0.4) is 0 Å². The maximum absolute atomic E-state index is 12.3.